The monoisotopic (exact) mass is 459 g/mol. The first-order valence-electron chi connectivity index (χ1n) is 11.0. The highest BCUT2D eigenvalue weighted by atomic mass is 32.2. The maximum atomic E-state index is 13.4. The Bertz CT molecular complexity index is 1030. The Balaban J connectivity index is 1.89. The van der Waals surface area contributed by atoms with Gasteiger partial charge in [0.25, 0.3) is 5.91 Å². The molecule has 0 aromatic heterocycles. The number of benzene rings is 2. The van der Waals surface area contributed by atoms with Crippen LogP contribution in [0.1, 0.15) is 42.1 Å². The van der Waals surface area contributed by atoms with Crippen molar-refractivity contribution in [2.45, 2.75) is 32.7 Å². The van der Waals surface area contributed by atoms with Crippen LogP contribution in [0.15, 0.2) is 42.5 Å². The number of nitrogens with zero attached hydrogens (tertiary/aromatic N) is 2. The third kappa shape index (κ3) is 6.38. The second kappa shape index (κ2) is 10.3. The molecule has 32 heavy (non-hydrogen) atoms. The van der Waals surface area contributed by atoms with Crippen molar-refractivity contribution in [1.82, 2.24) is 4.90 Å². The molecule has 0 bridgehead atoms. The van der Waals surface area contributed by atoms with Crippen LogP contribution in [0.2, 0.25) is 0 Å². The summed E-state index contributed by atoms with van der Waals surface area (Å²) in [7, 11) is 2.09. The molecule has 0 spiro atoms. The SMILES string of the molecule is CCCS(=O)(=O)Nc1ccc(N(C)C)c(CN(CC2CC2)C(=O)c2ccc(OC)cc2)c1. The summed E-state index contributed by atoms with van der Waals surface area (Å²) in [5.74, 6) is 1.26. The van der Waals surface area contributed by atoms with Gasteiger partial charge in [0.2, 0.25) is 10.0 Å². The highest BCUT2D eigenvalue weighted by Gasteiger charge is 2.28. The summed E-state index contributed by atoms with van der Waals surface area (Å²) < 4.78 is 32.4. The quantitative estimate of drug-likeness (QED) is 0.550. The average molecular weight is 460 g/mol. The smallest absolute Gasteiger partial charge is 0.254 e. The average Bonchev–Trinajstić information content (AvgIpc) is 3.56. The normalized spacial score (nSPS) is 13.5. The largest absolute Gasteiger partial charge is 0.497 e. The lowest BCUT2D eigenvalue weighted by molar-refractivity contribution is 0.0735. The van der Waals surface area contributed by atoms with Crippen molar-refractivity contribution < 1.29 is 17.9 Å². The van der Waals surface area contributed by atoms with Gasteiger partial charge in [0.1, 0.15) is 5.75 Å². The first-order valence-corrected chi connectivity index (χ1v) is 12.6. The maximum absolute atomic E-state index is 13.4. The molecule has 0 heterocycles. The summed E-state index contributed by atoms with van der Waals surface area (Å²) in [4.78, 5) is 17.2. The number of sulfonamides is 1. The first-order chi connectivity index (χ1) is 15.2. The van der Waals surface area contributed by atoms with E-state index in [1.807, 2.05) is 43.0 Å². The lowest BCUT2D eigenvalue weighted by atomic mass is 10.1. The number of carbonyl (C=O) groups excluding carboxylic acids is 1. The number of carbonyl (C=O) groups is 1. The number of nitrogens with one attached hydrogen (secondary N) is 1. The van der Waals surface area contributed by atoms with E-state index in [2.05, 4.69) is 4.72 Å². The summed E-state index contributed by atoms with van der Waals surface area (Å²) >= 11 is 0. The van der Waals surface area contributed by atoms with Crippen molar-refractivity contribution in [1.29, 1.82) is 0 Å². The Morgan fingerprint density at radius 3 is 2.38 bits per heavy atom. The van der Waals surface area contributed by atoms with Crippen LogP contribution in [0.5, 0.6) is 5.75 Å². The molecule has 2 aromatic carbocycles. The number of anilines is 2. The van der Waals surface area contributed by atoms with Crippen molar-refractivity contribution in [3.8, 4) is 5.75 Å². The van der Waals surface area contributed by atoms with Crippen LogP contribution < -0.4 is 14.4 Å². The third-order valence-corrected chi connectivity index (χ3v) is 6.96. The molecular formula is C24H33N3O4S. The molecule has 8 heteroatoms. The van der Waals surface area contributed by atoms with Gasteiger partial charge in [-0.15, -0.1) is 0 Å². The predicted molar refractivity (Wildman–Crippen MR) is 129 cm³/mol. The zero-order valence-corrected chi connectivity index (χ0v) is 20.1. The van der Waals surface area contributed by atoms with Crippen LogP contribution in [0.25, 0.3) is 0 Å². The zero-order valence-electron chi connectivity index (χ0n) is 19.3. The molecule has 0 unspecified atom stereocenters. The van der Waals surface area contributed by atoms with Gasteiger partial charge in [0.15, 0.2) is 0 Å². The minimum Gasteiger partial charge on any atom is -0.497 e. The van der Waals surface area contributed by atoms with Gasteiger partial charge in [-0.1, -0.05) is 6.92 Å². The Morgan fingerprint density at radius 1 is 1.12 bits per heavy atom. The fourth-order valence-corrected chi connectivity index (χ4v) is 4.79. The first kappa shape index (κ1) is 23.9. The van der Waals surface area contributed by atoms with E-state index in [4.69, 9.17) is 4.74 Å². The molecule has 1 amide bonds. The van der Waals surface area contributed by atoms with Gasteiger partial charge >= 0.3 is 0 Å². The van der Waals surface area contributed by atoms with Gasteiger partial charge < -0.3 is 14.5 Å². The van der Waals surface area contributed by atoms with E-state index >= 15 is 0 Å². The number of ether oxygens (including phenoxy) is 1. The topological polar surface area (TPSA) is 79.0 Å². The summed E-state index contributed by atoms with van der Waals surface area (Å²) in [6.07, 6.45) is 2.80. The third-order valence-electron chi connectivity index (χ3n) is 5.47. The Hall–Kier alpha value is -2.74. The van der Waals surface area contributed by atoms with E-state index in [1.165, 1.54) is 0 Å². The molecule has 1 aliphatic rings. The van der Waals surface area contributed by atoms with Gasteiger partial charge in [-0.25, -0.2) is 8.42 Å². The van der Waals surface area contributed by atoms with Crippen molar-refractivity contribution in [2.24, 2.45) is 5.92 Å². The van der Waals surface area contributed by atoms with Gasteiger partial charge in [-0.2, -0.15) is 0 Å². The molecule has 174 valence electrons. The van der Waals surface area contributed by atoms with Gasteiger partial charge in [0, 0.05) is 44.1 Å². The van der Waals surface area contributed by atoms with Crippen LogP contribution >= 0.6 is 0 Å². The Labute approximate surface area is 191 Å². The fraction of sp³-hybridized carbons (Fsp3) is 0.458. The number of methoxy groups -OCH3 is 1. The van der Waals surface area contributed by atoms with E-state index in [-0.39, 0.29) is 11.7 Å². The molecule has 0 radical (unpaired) electrons. The van der Waals surface area contributed by atoms with E-state index in [1.54, 1.807) is 37.4 Å². The summed E-state index contributed by atoms with van der Waals surface area (Å²) in [5.41, 5.74) is 2.97. The summed E-state index contributed by atoms with van der Waals surface area (Å²) in [6, 6.07) is 12.6. The molecule has 1 saturated carbocycles. The number of amides is 1. The highest BCUT2D eigenvalue weighted by molar-refractivity contribution is 7.92. The fourth-order valence-electron chi connectivity index (χ4n) is 3.66. The highest BCUT2D eigenvalue weighted by Crippen LogP contribution is 2.32. The van der Waals surface area contributed by atoms with Crippen molar-refractivity contribution in [3.05, 3.63) is 53.6 Å². The summed E-state index contributed by atoms with van der Waals surface area (Å²) in [5, 5.41) is 0. The van der Waals surface area contributed by atoms with Crippen LogP contribution in [-0.4, -0.2) is 52.7 Å². The van der Waals surface area contributed by atoms with Crippen LogP contribution in [0.3, 0.4) is 0 Å². The lowest BCUT2D eigenvalue weighted by Crippen LogP contribution is -2.33. The summed E-state index contributed by atoms with van der Waals surface area (Å²) in [6.45, 7) is 2.92. The molecule has 1 fully saturated rings. The minimum absolute atomic E-state index is 0.0405. The van der Waals surface area contributed by atoms with Crippen molar-refractivity contribution >= 4 is 27.3 Å². The second-order valence-corrected chi connectivity index (χ2v) is 10.4. The molecule has 0 atom stereocenters. The maximum Gasteiger partial charge on any atom is 0.254 e. The van der Waals surface area contributed by atoms with Crippen molar-refractivity contribution in [2.75, 3.05) is 43.1 Å². The van der Waals surface area contributed by atoms with E-state index in [0.29, 0.717) is 42.4 Å². The molecule has 2 aromatic rings. The molecule has 1 aliphatic carbocycles. The minimum atomic E-state index is -3.39. The van der Waals surface area contributed by atoms with Gasteiger partial charge in [-0.3, -0.25) is 9.52 Å². The molecule has 7 nitrogen and oxygen atoms in total. The lowest BCUT2D eigenvalue weighted by Gasteiger charge is -2.26. The zero-order chi connectivity index (χ0) is 23.3. The van der Waals surface area contributed by atoms with E-state index < -0.39 is 10.0 Å². The van der Waals surface area contributed by atoms with Gasteiger partial charge in [-0.05, 0) is 73.2 Å². The second-order valence-electron chi connectivity index (χ2n) is 8.52. The van der Waals surface area contributed by atoms with Crippen LogP contribution in [-0.2, 0) is 16.6 Å². The Kier molecular flexibility index (Phi) is 7.66. The predicted octanol–water partition coefficient (Wildman–Crippen LogP) is 3.97. The molecule has 0 saturated heterocycles. The van der Waals surface area contributed by atoms with Gasteiger partial charge in [0.05, 0.1) is 12.9 Å². The van der Waals surface area contributed by atoms with E-state index in [9.17, 15) is 13.2 Å². The molecule has 0 aliphatic heterocycles. The molecular weight excluding hydrogens is 426 g/mol. The van der Waals surface area contributed by atoms with E-state index in [0.717, 1.165) is 24.1 Å². The standard InChI is InChI=1S/C24H33N3O4S/c1-5-14-32(29,30)25-21-10-13-23(26(2)3)20(15-21)17-27(16-18-6-7-18)24(28)19-8-11-22(31-4)12-9-19/h8-13,15,18,25H,5-7,14,16-17H2,1-4H3. The van der Waals surface area contributed by atoms with Crippen molar-refractivity contribution in [3.63, 3.8) is 0 Å². The molecule has 3 rings (SSSR count). The Morgan fingerprint density at radius 2 is 1.81 bits per heavy atom. The van der Waals surface area contributed by atoms with Crippen LogP contribution in [0.4, 0.5) is 11.4 Å². The van der Waals surface area contributed by atoms with Crippen LogP contribution in [0, 0.1) is 5.92 Å². The number of hydrogen-bond donors (Lipinski definition) is 1. The molecule has 1 N–H and O–H groups in total. The number of hydrogen-bond acceptors (Lipinski definition) is 5. The number of rotatable bonds is 11.